The minimum Gasteiger partial charge on any atom is -0.239 e. The highest BCUT2D eigenvalue weighted by atomic mass is 14.7. The summed E-state index contributed by atoms with van der Waals surface area (Å²) in [6.07, 6.45) is 6.46. The van der Waals surface area contributed by atoms with E-state index in [0.29, 0.717) is 11.3 Å². The van der Waals surface area contributed by atoms with Crippen LogP contribution in [0.15, 0.2) is 66.7 Å². The first-order valence-electron chi connectivity index (χ1n) is 13.0. The number of rotatable bonds is 3. The van der Waals surface area contributed by atoms with Gasteiger partial charge in [0, 0.05) is 29.2 Å². The van der Waals surface area contributed by atoms with Gasteiger partial charge in [0.25, 0.3) is 0 Å². The molecule has 1 heteroatoms. The monoisotopic (exact) mass is 453 g/mol. The highest BCUT2D eigenvalue weighted by Crippen LogP contribution is 2.63. The average molecular weight is 454 g/mol. The number of para-hydroxylation sites is 1. The molecule has 2 bridgehead atoms. The van der Waals surface area contributed by atoms with Gasteiger partial charge in [-0.05, 0) is 83.6 Å². The molecule has 1 heterocycles. The van der Waals surface area contributed by atoms with Crippen LogP contribution in [0.1, 0.15) is 74.3 Å². The highest BCUT2D eigenvalue weighted by molar-refractivity contribution is 6.10. The van der Waals surface area contributed by atoms with E-state index < -0.39 is 0 Å². The van der Waals surface area contributed by atoms with Gasteiger partial charge in [-0.1, -0.05) is 80.1 Å². The van der Waals surface area contributed by atoms with E-state index in [4.69, 9.17) is 4.98 Å². The third kappa shape index (κ3) is 3.90. The molecule has 3 aliphatic carbocycles. The summed E-state index contributed by atoms with van der Waals surface area (Å²) >= 11 is 0. The van der Waals surface area contributed by atoms with Crippen molar-refractivity contribution in [3.8, 4) is 23.7 Å². The lowest BCUT2D eigenvalue weighted by molar-refractivity contribution is 0.0192. The predicted molar refractivity (Wildman–Crippen MR) is 146 cm³/mol. The molecule has 3 aliphatic rings. The lowest BCUT2D eigenvalue weighted by Crippen LogP contribution is -2.48. The van der Waals surface area contributed by atoms with Crippen LogP contribution in [-0.2, 0) is 6.42 Å². The van der Waals surface area contributed by atoms with Crippen LogP contribution >= 0.6 is 0 Å². The van der Waals surface area contributed by atoms with Gasteiger partial charge in [0.05, 0.1) is 5.52 Å². The van der Waals surface area contributed by atoms with Crippen LogP contribution in [0.3, 0.4) is 0 Å². The molecule has 172 valence electrons. The van der Waals surface area contributed by atoms with Crippen LogP contribution in [0.25, 0.3) is 21.7 Å². The molecule has 1 aromatic heterocycles. The minimum atomic E-state index is 0.428. The van der Waals surface area contributed by atoms with Crippen molar-refractivity contribution in [3.05, 3.63) is 89.1 Å². The summed E-state index contributed by atoms with van der Waals surface area (Å²) in [5, 5.41) is 3.91. The number of hydrogen-bond acceptors (Lipinski definition) is 1. The van der Waals surface area contributed by atoms with Crippen LogP contribution in [0.5, 0.6) is 0 Å². The molecule has 2 atom stereocenters. The summed E-state index contributed by atoms with van der Waals surface area (Å²) in [6.45, 7) is 4.90. The molecule has 0 N–H and O–H groups in total. The molecule has 0 amide bonds. The molecule has 0 aliphatic heterocycles. The maximum Gasteiger partial charge on any atom is 0.121 e. The van der Waals surface area contributed by atoms with Crippen LogP contribution in [0.2, 0.25) is 0 Å². The maximum atomic E-state index is 5.00. The quantitative estimate of drug-likeness (QED) is 0.174. The van der Waals surface area contributed by atoms with Crippen molar-refractivity contribution < 1.29 is 0 Å². The fourth-order valence-electron chi connectivity index (χ4n) is 6.17. The third-order valence-corrected chi connectivity index (χ3v) is 8.37. The number of pyridine rings is 1. The zero-order valence-corrected chi connectivity index (χ0v) is 20.7. The van der Waals surface area contributed by atoms with Crippen molar-refractivity contribution >= 4 is 21.7 Å². The Balaban J connectivity index is 1.25. The Bertz CT molecular complexity index is 1540. The molecule has 35 heavy (non-hydrogen) atoms. The third-order valence-electron chi connectivity index (χ3n) is 8.37. The minimum absolute atomic E-state index is 0.428. The summed E-state index contributed by atoms with van der Waals surface area (Å²) < 4.78 is 0. The molecular formula is C34H31N. The first-order chi connectivity index (χ1) is 17.1. The zero-order valence-electron chi connectivity index (χ0n) is 20.7. The zero-order chi connectivity index (χ0) is 23.8. The number of unbranched alkanes of at least 4 members (excludes halogenated alkanes) is 3. The lowest BCUT2D eigenvalue weighted by atomic mass is 9.47. The second-order valence-electron chi connectivity index (χ2n) is 10.7. The first kappa shape index (κ1) is 21.9. The SMILES string of the molecule is CC1(C)[C@H]2Cc3c(ccc4c(C#CCCCCC#Cc5ccccc5)nc5ccccc5c34)[C@@H]1C2. The van der Waals surface area contributed by atoms with Crippen LogP contribution in [-0.4, -0.2) is 4.98 Å². The van der Waals surface area contributed by atoms with Gasteiger partial charge in [-0.15, -0.1) is 0 Å². The Hall–Kier alpha value is -3.55. The van der Waals surface area contributed by atoms with Crippen molar-refractivity contribution in [2.75, 3.05) is 0 Å². The molecule has 0 radical (unpaired) electrons. The van der Waals surface area contributed by atoms with Gasteiger partial charge >= 0.3 is 0 Å². The molecule has 0 saturated heterocycles. The number of fused-ring (bicyclic) bond motifs is 3. The summed E-state index contributed by atoms with van der Waals surface area (Å²) in [5.74, 6) is 14.9. The largest absolute Gasteiger partial charge is 0.239 e. The van der Waals surface area contributed by atoms with Crippen molar-refractivity contribution in [2.24, 2.45) is 11.3 Å². The second-order valence-corrected chi connectivity index (χ2v) is 10.7. The predicted octanol–water partition coefficient (Wildman–Crippen LogP) is 8.04. The van der Waals surface area contributed by atoms with E-state index in [1.165, 1.54) is 29.0 Å². The second kappa shape index (κ2) is 8.91. The number of nitrogens with zero attached hydrogens (tertiary/aromatic N) is 1. The first-order valence-corrected chi connectivity index (χ1v) is 13.0. The van der Waals surface area contributed by atoms with Gasteiger partial charge in [0.1, 0.15) is 5.69 Å². The van der Waals surface area contributed by atoms with Gasteiger partial charge in [-0.3, -0.25) is 0 Å². The highest BCUT2D eigenvalue weighted by Gasteiger charge is 2.52. The van der Waals surface area contributed by atoms with Gasteiger partial charge in [0.2, 0.25) is 0 Å². The lowest BCUT2D eigenvalue weighted by Gasteiger charge is -2.57. The van der Waals surface area contributed by atoms with E-state index in [9.17, 15) is 0 Å². The van der Waals surface area contributed by atoms with Crippen molar-refractivity contribution in [1.29, 1.82) is 0 Å². The van der Waals surface area contributed by atoms with Gasteiger partial charge < -0.3 is 0 Å². The fourth-order valence-corrected chi connectivity index (χ4v) is 6.17. The van der Waals surface area contributed by atoms with Crippen LogP contribution in [0.4, 0.5) is 0 Å². The normalized spacial score (nSPS) is 19.1. The Labute approximate surface area is 209 Å². The van der Waals surface area contributed by atoms with E-state index in [1.54, 1.807) is 11.1 Å². The van der Waals surface area contributed by atoms with E-state index in [-0.39, 0.29) is 0 Å². The number of hydrogen-bond donors (Lipinski definition) is 0. The van der Waals surface area contributed by atoms with Gasteiger partial charge in [-0.2, -0.15) is 0 Å². The van der Waals surface area contributed by atoms with Crippen LogP contribution in [0, 0.1) is 35.0 Å². The molecule has 7 rings (SSSR count). The Morgan fingerprint density at radius 1 is 0.829 bits per heavy atom. The van der Waals surface area contributed by atoms with Gasteiger partial charge in [-0.25, -0.2) is 4.98 Å². The molecule has 1 fully saturated rings. The molecular weight excluding hydrogens is 422 g/mol. The van der Waals surface area contributed by atoms with Gasteiger partial charge in [0.15, 0.2) is 0 Å². The number of aromatic nitrogens is 1. The molecule has 1 saturated carbocycles. The average Bonchev–Trinajstić information content (AvgIpc) is 2.89. The Morgan fingerprint density at radius 2 is 1.57 bits per heavy atom. The molecule has 3 aromatic carbocycles. The standard InChI is InChI=1S/C34H31N/c1-34(2)25-22-29-26(30(34)23-25)20-21-28-32(35-31-19-13-12-17-27(31)33(28)29)18-11-6-4-3-5-8-14-24-15-9-7-10-16-24/h7,9-10,12-13,15-17,19-21,25,30H,3-6,22-23H2,1-2H3/t25-,30-/m0/s1. The van der Waals surface area contributed by atoms with E-state index >= 15 is 0 Å². The fraction of sp³-hybridized carbons (Fsp3) is 0.324. The molecule has 0 unspecified atom stereocenters. The topological polar surface area (TPSA) is 12.9 Å². The van der Waals surface area contributed by atoms with E-state index in [1.807, 2.05) is 18.2 Å². The summed E-state index contributed by atoms with van der Waals surface area (Å²) in [6, 6.07) is 23.5. The van der Waals surface area contributed by atoms with E-state index in [0.717, 1.165) is 48.4 Å². The summed E-state index contributed by atoms with van der Waals surface area (Å²) in [4.78, 5) is 5.00. The van der Waals surface area contributed by atoms with Crippen molar-refractivity contribution in [1.82, 2.24) is 4.98 Å². The number of benzene rings is 3. The summed E-state index contributed by atoms with van der Waals surface area (Å²) in [5.41, 5.74) is 6.64. The molecule has 0 spiro atoms. The molecule has 1 nitrogen and oxygen atoms in total. The maximum absolute atomic E-state index is 5.00. The molecule has 4 aromatic rings. The van der Waals surface area contributed by atoms with E-state index in [2.05, 4.69) is 86.1 Å². The van der Waals surface area contributed by atoms with Crippen molar-refractivity contribution in [3.63, 3.8) is 0 Å². The Kier molecular flexibility index (Phi) is 5.59. The Morgan fingerprint density at radius 3 is 2.37 bits per heavy atom. The smallest absolute Gasteiger partial charge is 0.121 e. The summed E-state index contributed by atoms with van der Waals surface area (Å²) in [7, 11) is 0. The van der Waals surface area contributed by atoms with Crippen LogP contribution < -0.4 is 0 Å². The van der Waals surface area contributed by atoms with Crippen molar-refractivity contribution in [2.45, 2.75) is 58.3 Å².